The van der Waals surface area contributed by atoms with Crippen LogP contribution in [0.3, 0.4) is 0 Å². The number of amides is 1. The van der Waals surface area contributed by atoms with Crippen molar-refractivity contribution in [3.8, 4) is 0 Å². The maximum absolute atomic E-state index is 11.6. The molecule has 108 valence electrons. The Morgan fingerprint density at radius 3 is 2.25 bits per heavy atom. The van der Waals surface area contributed by atoms with Gasteiger partial charge in [-0.1, -0.05) is 30.3 Å². The van der Waals surface area contributed by atoms with E-state index in [4.69, 9.17) is 15.9 Å². The fourth-order valence-electron chi connectivity index (χ4n) is 1.61. The van der Waals surface area contributed by atoms with Crippen molar-refractivity contribution in [2.24, 2.45) is 5.73 Å². The molecule has 0 bridgehead atoms. The number of carboxylic acids is 2. The summed E-state index contributed by atoms with van der Waals surface area (Å²) in [7, 11) is 0. The van der Waals surface area contributed by atoms with Crippen molar-refractivity contribution in [1.29, 1.82) is 0 Å². The maximum atomic E-state index is 11.6. The number of aliphatic carboxylic acids is 2. The van der Waals surface area contributed by atoms with Gasteiger partial charge in [0.2, 0.25) is 5.91 Å². The fraction of sp³-hybridized carbons (Fsp3) is 0.308. The average molecular weight is 280 g/mol. The van der Waals surface area contributed by atoms with Gasteiger partial charge in [0.1, 0.15) is 6.04 Å². The molecule has 0 radical (unpaired) electrons. The van der Waals surface area contributed by atoms with Crippen molar-refractivity contribution >= 4 is 17.8 Å². The van der Waals surface area contributed by atoms with Crippen molar-refractivity contribution in [2.45, 2.75) is 24.9 Å². The van der Waals surface area contributed by atoms with Gasteiger partial charge in [-0.2, -0.15) is 0 Å². The second-order valence-corrected chi connectivity index (χ2v) is 4.29. The lowest BCUT2D eigenvalue weighted by atomic mass is 10.1. The largest absolute Gasteiger partial charge is 0.481 e. The molecule has 1 aromatic carbocycles. The van der Waals surface area contributed by atoms with E-state index in [-0.39, 0.29) is 6.42 Å². The molecule has 0 aliphatic heterocycles. The van der Waals surface area contributed by atoms with Crippen LogP contribution in [0.15, 0.2) is 30.3 Å². The van der Waals surface area contributed by atoms with Crippen LogP contribution >= 0.6 is 0 Å². The third kappa shape index (κ3) is 5.07. The first-order valence-electron chi connectivity index (χ1n) is 5.94. The van der Waals surface area contributed by atoms with Gasteiger partial charge in [-0.15, -0.1) is 0 Å². The molecule has 1 amide bonds. The van der Waals surface area contributed by atoms with E-state index in [0.29, 0.717) is 0 Å². The van der Waals surface area contributed by atoms with Crippen molar-refractivity contribution < 1.29 is 24.6 Å². The zero-order valence-electron chi connectivity index (χ0n) is 10.7. The summed E-state index contributed by atoms with van der Waals surface area (Å²) in [5, 5.41) is 19.9. The van der Waals surface area contributed by atoms with Gasteiger partial charge in [-0.25, -0.2) is 4.79 Å². The summed E-state index contributed by atoms with van der Waals surface area (Å²) in [6.07, 6.45) is -0.453. The summed E-state index contributed by atoms with van der Waals surface area (Å²) in [6, 6.07) is 6.35. The third-order valence-corrected chi connectivity index (χ3v) is 2.63. The van der Waals surface area contributed by atoms with Crippen molar-refractivity contribution in [3.05, 3.63) is 35.9 Å². The summed E-state index contributed by atoms with van der Waals surface area (Å²) in [4.78, 5) is 33.2. The quantitative estimate of drug-likeness (QED) is 0.537. The molecule has 1 rings (SSSR count). The Kier molecular flexibility index (Phi) is 5.67. The lowest BCUT2D eigenvalue weighted by Gasteiger charge is -2.17. The first-order chi connectivity index (χ1) is 9.40. The van der Waals surface area contributed by atoms with E-state index in [9.17, 15) is 14.4 Å². The van der Waals surface area contributed by atoms with Crippen LogP contribution in [0.1, 0.15) is 12.0 Å². The Morgan fingerprint density at radius 1 is 1.15 bits per heavy atom. The number of rotatable bonds is 7. The Bertz CT molecular complexity index is 489. The molecule has 0 saturated carbocycles. The van der Waals surface area contributed by atoms with Crippen LogP contribution < -0.4 is 11.1 Å². The van der Waals surface area contributed by atoms with E-state index < -0.39 is 36.4 Å². The van der Waals surface area contributed by atoms with Crippen LogP contribution in [-0.4, -0.2) is 40.1 Å². The summed E-state index contributed by atoms with van der Waals surface area (Å²) in [5.41, 5.74) is 6.12. The van der Waals surface area contributed by atoms with Gasteiger partial charge in [-0.05, 0) is 5.56 Å². The highest BCUT2D eigenvalue weighted by atomic mass is 16.4. The Labute approximate surface area is 115 Å². The molecular formula is C13H16N2O5. The fourth-order valence-corrected chi connectivity index (χ4v) is 1.61. The highest BCUT2D eigenvalue weighted by Gasteiger charge is 2.24. The molecule has 20 heavy (non-hydrogen) atoms. The van der Waals surface area contributed by atoms with Crippen molar-refractivity contribution in [3.63, 3.8) is 0 Å². The monoisotopic (exact) mass is 280 g/mol. The number of nitrogens with two attached hydrogens (primary N) is 1. The number of benzene rings is 1. The molecule has 0 saturated heterocycles. The molecule has 7 nitrogen and oxygen atoms in total. The summed E-state index contributed by atoms with van der Waals surface area (Å²) in [5.74, 6) is -3.22. The van der Waals surface area contributed by atoms with E-state index in [0.717, 1.165) is 5.56 Å². The second-order valence-electron chi connectivity index (χ2n) is 4.29. The van der Waals surface area contributed by atoms with E-state index in [1.54, 1.807) is 30.3 Å². The van der Waals surface area contributed by atoms with Crippen LogP contribution in [0.5, 0.6) is 0 Å². The predicted octanol–water partition coefficient (Wildman–Crippen LogP) is -0.399. The number of carboxylic acid groups (broad SMARTS) is 2. The van der Waals surface area contributed by atoms with Crippen molar-refractivity contribution in [2.75, 3.05) is 0 Å². The molecule has 0 aliphatic rings. The highest BCUT2D eigenvalue weighted by molar-refractivity contribution is 5.89. The summed E-state index contributed by atoms with van der Waals surface area (Å²) in [6.45, 7) is 0. The molecule has 0 aromatic heterocycles. The Balaban J connectivity index is 2.66. The number of carbonyl (C=O) groups excluding carboxylic acids is 1. The number of nitrogens with one attached hydrogen (secondary N) is 1. The van der Waals surface area contributed by atoms with Crippen LogP contribution in [0, 0.1) is 0 Å². The van der Waals surface area contributed by atoms with Crippen molar-refractivity contribution in [1.82, 2.24) is 5.32 Å². The van der Waals surface area contributed by atoms with E-state index in [2.05, 4.69) is 5.32 Å². The van der Waals surface area contributed by atoms with Gasteiger partial charge in [0, 0.05) is 6.42 Å². The topological polar surface area (TPSA) is 130 Å². The van der Waals surface area contributed by atoms with Crippen LogP contribution in [0.2, 0.25) is 0 Å². The maximum Gasteiger partial charge on any atom is 0.326 e. The molecule has 0 spiro atoms. The first-order valence-corrected chi connectivity index (χ1v) is 5.94. The van der Waals surface area contributed by atoms with Crippen LogP contribution in [0.25, 0.3) is 0 Å². The molecule has 2 atom stereocenters. The van der Waals surface area contributed by atoms with E-state index in [1.165, 1.54) is 0 Å². The smallest absolute Gasteiger partial charge is 0.326 e. The van der Waals surface area contributed by atoms with Crippen LogP contribution in [0.4, 0.5) is 0 Å². The van der Waals surface area contributed by atoms with Crippen LogP contribution in [-0.2, 0) is 20.8 Å². The lowest BCUT2D eigenvalue weighted by molar-refractivity contribution is -0.142. The minimum absolute atomic E-state index is 0.0989. The molecule has 0 aliphatic carbocycles. The van der Waals surface area contributed by atoms with Gasteiger partial charge in [0.25, 0.3) is 0 Å². The molecule has 1 aromatic rings. The second kappa shape index (κ2) is 7.25. The average Bonchev–Trinajstić information content (AvgIpc) is 2.38. The SMILES string of the molecule is N[C@@H](CC(=O)O)C(=O)N[C@H](Cc1ccccc1)C(=O)O. The molecule has 0 unspecified atom stereocenters. The van der Waals surface area contributed by atoms with E-state index >= 15 is 0 Å². The van der Waals surface area contributed by atoms with Gasteiger partial charge in [0.15, 0.2) is 0 Å². The standard InChI is InChI=1S/C13H16N2O5/c14-9(7-11(16)17)12(18)15-10(13(19)20)6-8-4-2-1-3-5-8/h1-5,9-10H,6-7,14H2,(H,15,18)(H,16,17)(H,19,20)/t9-,10+/m0/s1. The minimum Gasteiger partial charge on any atom is -0.481 e. The summed E-state index contributed by atoms with van der Waals surface area (Å²) >= 11 is 0. The van der Waals surface area contributed by atoms with Gasteiger partial charge in [0.05, 0.1) is 12.5 Å². The molecule has 7 heteroatoms. The lowest BCUT2D eigenvalue weighted by Crippen LogP contribution is -2.49. The first kappa shape index (κ1) is 15.6. The number of hydrogen-bond acceptors (Lipinski definition) is 4. The zero-order chi connectivity index (χ0) is 15.1. The Morgan fingerprint density at radius 2 is 1.75 bits per heavy atom. The normalized spacial score (nSPS) is 13.2. The van der Waals surface area contributed by atoms with Gasteiger partial charge >= 0.3 is 11.9 Å². The minimum atomic E-state index is -1.27. The predicted molar refractivity (Wildman–Crippen MR) is 69.9 cm³/mol. The number of carbonyl (C=O) groups is 3. The summed E-state index contributed by atoms with van der Waals surface area (Å²) < 4.78 is 0. The third-order valence-electron chi connectivity index (χ3n) is 2.63. The van der Waals surface area contributed by atoms with Gasteiger partial charge in [-0.3, -0.25) is 9.59 Å². The van der Waals surface area contributed by atoms with Gasteiger partial charge < -0.3 is 21.3 Å². The van der Waals surface area contributed by atoms with E-state index in [1.807, 2.05) is 0 Å². The number of hydrogen-bond donors (Lipinski definition) is 4. The zero-order valence-corrected chi connectivity index (χ0v) is 10.7. The molecular weight excluding hydrogens is 264 g/mol. The highest BCUT2D eigenvalue weighted by Crippen LogP contribution is 2.04. The molecule has 0 heterocycles. The Hall–Kier alpha value is -2.41. The molecule has 5 N–H and O–H groups in total. The molecule has 0 fully saturated rings.